The van der Waals surface area contributed by atoms with Gasteiger partial charge in [-0.2, -0.15) is 0 Å². The van der Waals surface area contributed by atoms with E-state index in [1.54, 1.807) is 24.3 Å². The number of carbonyl (C=O) groups is 2. The molecular weight excluding hydrogens is 1320 g/mol. The Morgan fingerprint density at radius 3 is 0.835 bits per heavy atom. The lowest BCUT2D eigenvalue weighted by Gasteiger charge is -2.50. The van der Waals surface area contributed by atoms with Gasteiger partial charge in [-0.15, -0.1) is 0 Å². The first kappa shape index (κ1) is 75.9. The second kappa shape index (κ2) is 31.5. The minimum absolute atomic E-state index is 0.142. The smallest absolute Gasteiger partial charge is 0.349 e. The number of nitrogens with one attached hydrogen (secondary N) is 1. The molecule has 1 amide bonds. The summed E-state index contributed by atoms with van der Waals surface area (Å²) in [6.45, 7) is -1.69. The standard InChI is InChI=1S/C57H86N2O38/c1-57(2,3)16-6-4-15(5-7-16)25-24(47(49(81)82)97-59-25)48(80)58-8-17-40-26(66)33(73)50(83-17)91-41-18(9-60)85-52(35(75)28(41)68)93-43-20(11-62)87-54(37(77)30(43)70)95-45-22(13-64)89-56(39(79)32(45)72)96-46-23(14-65)88-55(38(78)31(46)71)94-44-21(12-63)86-53(36(76)29(44)69)92-42-19(10-61)84-51(90-40)34(74)27(42)67/h4-7,17-24,26-47,50-56,60-79H,8-14H2,1-3H3,(H,58,80)(H,81,82)/t17-,18-,19-,20-,21-,22-,23-,24-,26-,27-,28+,29-,30-,31-,32-,33-,34-,35-,36-,37-,38-,39-,40-,41-,42-,43-,44-,45-,46-,47-,50-,51-,52-,53-,54-,55-,56-/m1/s1. The summed E-state index contributed by atoms with van der Waals surface area (Å²) in [5, 5.41) is 242. The van der Waals surface area contributed by atoms with Crippen LogP contribution in [0.25, 0.3) is 0 Å². The molecular formula is C57H86N2O38. The van der Waals surface area contributed by atoms with Crippen molar-refractivity contribution in [3.05, 3.63) is 35.4 Å². The van der Waals surface area contributed by atoms with Crippen molar-refractivity contribution < 1.29 is 188 Å². The molecule has 21 fully saturated rings. The highest BCUT2D eigenvalue weighted by atomic mass is 16.8. The molecule has 22 aliphatic rings. The summed E-state index contributed by atoms with van der Waals surface area (Å²) < 4.78 is 81.4. The van der Waals surface area contributed by atoms with Crippen molar-refractivity contribution in [2.75, 3.05) is 46.2 Å². The van der Waals surface area contributed by atoms with E-state index in [1.165, 1.54) is 0 Å². The molecule has 40 heteroatoms. The third-order valence-electron chi connectivity index (χ3n) is 18.5. The van der Waals surface area contributed by atoms with Crippen molar-refractivity contribution in [2.45, 2.75) is 247 Å². The number of amides is 1. The van der Waals surface area contributed by atoms with Crippen molar-refractivity contribution in [3.8, 4) is 0 Å². The molecule has 40 nitrogen and oxygen atoms in total. The molecule has 0 aromatic heterocycles. The van der Waals surface area contributed by atoms with Gasteiger partial charge in [0.05, 0.1) is 39.6 Å². The molecule has 0 aliphatic carbocycles. The second-order valence-electron chi connectivity index (χ2n) is 25.9. The van der Waals surface area contributed by atoms with Gasteiger partial charge >= 0.3 is 5.97 Å². The fourth-order valence-corrected chi connectivity index (χ4v) is 12.9. The summed E-state index contributed by atoms with van der Waals surface area (Å²) >= 11 is 0. The molecule has 0 spiro atoms. The average Bonchev–Trinajstić information content (AvgIpc) is 1.72. The first-order valence-corrected chi connectivity index (χ1v) is 31.2. The number of carboxylic acids is 1. The number of aliphatic carboxylic acids is 1. The Morgan fingerprint density at radius 1 is 0.371 bits per heavy atom. The molecule has 37 atom stereocenters. The van der Waals surface area contributed by atoms with E-state index in [0.29, 0.717) is 0 Å². The SMILES string of the molecule is CC(C)(C)c1ccc(C2=NO[C@@H](C(=O)O)[C@@H]2C(=O)NC[C@H]2O[C@@H]3O[C@H]4[C@@H](O)[C@@H](O)[C@@H](O[C@H]5[C@H](O)[C@@H](O)[C@@H](O[C@H]6[C@H](O)[C@@H](O)[C@@H](O[C@H]7[C@H](O)[C@@H](O)[C@@H](O[C@H]8[C@H](O)[C@@H](O)[C@@H](O[C@H]9[C@H](O)[C@@H](O)[C@@H](O[C@H]2[C@H](O)[C@H]3O)O[C@@H]9CO)O[C@@H]8CO)O[C@@H]7CO)O[C@@H]6CO)O[C@@H]5CO)O[C@@H]4CO)cc1. The highest BCUT2D eigenvalue weighted by Gasteiger charge is 2.60. The highest BCUT2D eigenvalue weighted by Crippen LogP contribution is 2.40. The molecule has 0 saturated carbocycles. The van der Waals surface area contributed by atoms with Crippen LogP contribution in [0.5, 0.6) is 0 Å². The monoisotopic (exact) mass is 1410 g/mol. The summed E-state index contributed by atoms with van der Waals surface area (Å²) in [6.07, 6.45) is -75.4. The van der Waals surface area contributed by atoms with Crippen molar-refractivity contribution in [1.29, 1.82) is 0 Å². The van der Waals surface area contributed by atoms with Gasteiger partial charge in [-0.05, 0) is 11.0 Å². The third-order valence-corrected chi connectivity index (χ3v) is 18.5. The molecule has 552 valence electrons. The number of hydrogen-bond donors (Lipinski definition) is 22. The first-order valence-electron chi connectivity index (χ1n) is 31.2. The van der Waals surface area contributed by atoms with Crippen LogP contribution in [0.4, 0.5) is 0 Å². The first-order chi connectivity index (χ1) is 46.0. The Bertz CT molecular complexity index is 2760. The molecule has 1 aromatic rings. The van der Waals surface area contributed by atoms with E-state index in [0.717, 1.165) is 5.56 Å². The minimum Gasteiger partial charge on any atom is -0.478 e. The van der Waals surface area contributed by atoms with Crippen LogP contribution in [0.15, 0.2) is 29.4 Å². The van der Waals surface area contributed by atoms with Crippen molar-refractivity contribution in [3.63, 3.8) is 0 Å². The Kier molecular flexibility index (Phi) is 24.6. The average molecular weight is 1410 g/mol. The van der Waals surface area contributed by atoms with Gasteiger partial charge in [0.2, 0.25) is 12.0 Å². The van der Waals surface area contributed by atoms with Gasteiger partial charge in [-0.3, -0.25) is 4.79 Å². The van der Waals surface area contributed by atoms with Gasteiger partial charge in [0, 0.05) is 12.1 Å². The number of ether oxygens (including phenoxy) is 14. The molecule has 22 heterocycles. The quantitative estimate of drug-likeness (QED) is 0.0978. The molecule has 23 rings (SSSR count). The zero-order valence-corrected chi connectivity index (χ0v) is 51.9. The van der Waals surface area contributed by atoms with Crippen LogP contribution in [0.1, 0.15) is 31.9 Å². The van der Waals surface area contributed by atoms with Crippen LogP contribution in [0, 0.1) is 5.92 Å². The molecule has 0 unspecified atom stereocenters. The predicted octanol–water partition coefficient (Wildman–Crippen LogP) is -13.3. The van der Waals surface area contributed by atoms with Gasteiger partial charge in [0.1, 0.15) is 183 Å². The van der Waals surface area contributed by atoms with Crippen LogP contribution < -0.4 is 5.32 Å². The van der Waals surface area contributed by atoms with Gasteiger partial charge in [-0.25, -0.2) is 4.79 Å². The largest absolute Gasteiger partial charge is 0.478 e. The van der Waals surface area contributed by atoms with E-state index in [4.69, 9.17) is 71.2 Å². The third kappa shape index (κ3) is 15.2. The van der Waals surface area contributed by atoms with Gasteiger partial charge in [-0.1, -0.05) is 50.2 Å². The summed E-state index contributed by atoms with van der Waals surface area (Å²) in [5.41, 5.74) is 0.653. The van der Waals surface area contributed by atoms with E-state index in [1.807, 2.05) is 20.8 Å². The normalized spacial score (nSPS) is 48.6. The molecule has 97 heavy (non-hydrogen) atoms. The van der Waals surface area contributed by atoms with Gasteiger partial charge in [0.15, 0.2) is 44.0 Å². The lowest BCUT2D eigenvalue weighted by atomic mass is 9.85. The van der Waals surface area contributed by atoms with E-state index in [9.17, 15) is 117 Å². The molecule has 22 N–H and O–H groups in total. The minimum atomic E-state index is -2.37. The van der Waals surface area contributed by atoms with Gasteiger partial charge < -0.3 is 184 Å². The maximum Gasteiger partial charge on any atom is 0.349 e. The van der Waals surface area contributed by atoms with Gasteiger partial charge in [0.25, 0.3) is 0 Å². The summed E-state index contributed by atoms with van der Waals surface area (Å²) in [7, 11) is 0. The molecule has 22 aliphatic heterocycles. The Balaban J connectivity index is 0.957. The van der Waals surface area contributed by atoms with E-state index in [-0.39, 0.29) is 16.7 Å². The summed E-state index contributed by atoms with van der Waals surface area (Å²) in [6, 6.07) is 6.62. The Morgan fingerprint density at radius 2 is 0.608 bits per heavy atom. The van der Waals surface area contributed by atoms with Crippen molar-refractivity contribution in [2.24, 2.45) is 11.1 Å². The number of oxime groups is 1. The number of benzene rings is 1. The van der Waals surface area contributed by atoms with Crippen LogP contribution in [0.2, 0.25) is 0 Å². The number of carboxylic acid groups (broad SMARTS) is 1. The molecule has 14 bridgehead atoms. The fourth-order valence-electron chi connectivity index (χ4n) is 12.9. The van der Waals surface area contributed by atoms with Crippen LogP contribution in [-0.4, -0.2) is 392 Å². The maximum absolute atomic E-state index is 14.4. The number of aliphatic hydroxyl groups excluding tert-OH is 20. The lowest BCUT2D eigenvalue weighted by Crippen LogP contribution is -2.68. The van der Waals surface area contributed by atoms with E-state index >= 15 is 0 Å². The van der Waals surface area contributed by atoms with E-state index < -0.39 is 285 Å². The lowest BCUT2D eigenvalue weighted by molar-refractivity contribution is -0.396. The fraction of sp³-hybridized carbons (Fsp3) is 0.842. The number of rotatable bonds is 11. The van der Waals surface area contributed by atoms with Crippen LogP contribution >= 0.6 is 0 Å². The Hall–Kier alpha value is -3.73. The predicted molar refractivity (Wildman–Crippen MR) is 302 cm³/mol. The van der Waals surface area contributed by atoms with Crippen LogP contribution in [0.3, 0.4) is 0 Å². The maximum atomic E-state index is 14.4. The topological polar surface area (TPSA) is 622 Å². The number of nitrogens with zero attached hydrogens (tertiary/aromatic N) is 1. The van der Waals surface area contributed by atoms with Crippen LogP contribution in [-0.2, 0) is 86.2 Å². The van der Waals surface area contributed by atoms with E-state index in [2.05, 4.69) is 10.5 Å². The number of hydrogen-bond acceptors (Lipinski definition) is 38. The summed E-state index contributed by atoms with van der Waals surface area (Å²) in [5.74, 6) is -4.43. The zero-order chi connectivity index (χ0) is 70.5. The number of carbonyl (C=O) groups excluding carboxylic acids is 1. The Labute approximate surface area is 549 Å². The molecule has 21 saturated heterocycles. The van der Waals surface area contributed by atoms with Crippen molar-refractivity contribution >= 4 is 17.6 Å². The zero-order valence-electron chi connectivity index (χ0n) is 51.9. The second-order valence-corrected chi connectivity index (χ2v) is 25.9. The number of aliphatic hydroxyl groups is 20. The molecule has 1 aromatic carbocycles. The van der Waals surface area contributed by atoms with Crippen molar-refractivity contribution in [1.82, 2.24) is 5.32 Å². The summed E-state index contributed by atoms with van der Waals surface area (Å²) in [4.78, 5) is 32.2. The highest BCUT2D eigenvalue weighted by molar-refractivity contribution is 6.16. The molecule has 0 radical (unpaired) electrons.